The molecule has 0 nitrogen and oxygen atoms in total. The predicted octanol–water partition coefficient (Wildman–Crippen LogP) is 2.74. The first-order chi connectivity index (χ1) is 4.33. The molecule has 0 N–H and O–H groups in total. The van der Waals surface area contributed by atoms with Crippen molar-refractivity contribution in [3.05, 3.63) is 0 Å². The molecule has 1 rings (SSSR count). The molecule has 51 valence electrons. The minimum Gasteiger partial charge on any atom is -0.0827 e. The summed E-state index contributed by atoms with van der Waals surface area (Å²) in [5, 5.41) is 0. The van der Waals surface area contributed by atoms with Crippen molar-refractivity contribution in [3.63, 3.8) is 0 Å². The Morgan fingerprint density at radius 2 is 2.22 bits per heavy atom. The van der Waals surface area contributed by atoms with Gasteiger partial charge in [-0.05, 0) is 5.92 Å². The molecule has 1 fully saturated rings. The van der Waals surface area contributed by atoms with Gasteiger partial charge in [-0.3, -0.25) is 0 Å². The number of hydrogen-bond acceptors (Lipinski definition) is 0. The Morgan fingerprint density at radius 1 is 1.44 bits per heavy atom. The minimum absolute atomic E-state index is 0.963. The van der Waals surface area contributed by atoms with E-state index in [1.165, 1.54) is 25.6 Å². The van der Waals surface area contributed by atoms with Crippen molar-refractivity contribution in [2.75, 3.05) is 0 Å². The summed E-state index contributed by atoms with van der Waals surface area (Å²) >= 11 is 0. The van der Waals surface area contributed by atoms with E-state index in [4.69, 9.17) is 0 Å². The van der Waals surface area contributed by atoms with Gasteiger partial charge in [-0.1, -0.05) is 45.2 Å². The Morgan fingerprint density at radius 3 is 2.67 bits per heavy atom. The molecule has 1 heteroatoms. The van der Waals surface area contributed by atoms with Gasteiger partial charge in [-0.25, -0.2) is 0 Å². The second-order valence-corrected chi connectivity index (χ2v) is 3.32. The predicted molar refractivity (Wildman–Crippen MR) is 43.0 cm³/mol. The van der Waals surface area contributed by atoms with Crippen LogP contribution in [0.5, 0.6) is 0 Å². The molecular formula is C8H16B. The molecule has 0 aromatic rings. The van der Waals surface area contributed by atoms with Crippen LogP contribution in [0.2, 0.25) is 12.1 Å². The third-order valence-electron chi connectivity index (χ3n) is 2.30. The van der Waals surface area contributed by atoms with Crippen LogP contribution in [0.4, 0.5) is 0 Å². The largest absolute Gasteiger partial charge is 0.113 e. The lowest BCUT2D eigenvalue weighted by molar-refractivity contribution is 0.611. The number of rotatable bonds is 2. The molecule has 0 bridgehead atoms. The van der Waals surface area contributed by atoms with E-state index in [0.717, 1.165) is 11.7 Å². The van der Waals surface area contributed by atoms with Crippen LogP contribution < -0.4 is 0 Å². The van der Waals surface area contributed by atoms with Gasteiger partial charge in [0.15, 0.2) is 0 Å². The third kappa shape index (κ3) is 2.04. The fourth-order valence-electron chi connectivity index (χ4n) is 1.80. The maximum Gasteiger partial charge on any atom is 0.113 e. The highest BCUT2D eigenvalue weighted by Crippen LogP contribution is 2.34. The lowest BCUT2D eigenvalue weighted by atomic mass is 9.61. The van der Waals surface area contributed by atoms with Crippen LogP contribution in [0.25, 0.3) is 0 Å². The molecular weight excluding hydrogens is 107 g/mol. The van der Waals surface area contributed by atoms with Crippen LogP contribution >= 0.6 is 0 Å². The summed E-state index contributed by atoms with van der Waals surface area (Å²) in [5.74, 6) is 1.96. The lowest BCUT2D eigenvalue weighted by Gasteiger charge is -2.03. The van der Waals surface area contributed by atoms with Crippen LogP contribution in [0.3, 0.4) is 0 Å². The molecule has 0 spiro atoms. The summed E-state index contributed by atoms with van der Waals surface area (Å²) in [4.78, 5) is 0. The highest BCUT2D eigenvalue weighted by Gasteiger charge is 2.20. The first-order valence-electron chi connectivity index (χ1n) is 4.16. The second kappa shape index (κ2) is 3.29. The van der Waals surface area contributed by atoms with Crippen LogP contribution in [0.1, 0.15) is 33.1 Å². The third-order valence-corrected chi connectivity index (χ3v) is 2.30. The first kappa shape index (κ1) is 7.18. The van der Waals surface area contributed by atoms with Crippen LogP contribution in [0, 0.1) is 5.92 Å². The zero-order valence-corrected chi connectivity index (χ0v) is 6.56. The molecule has 9 heavy (non-hydrogen) atoms. The Bertz CT molecular complexity index is 78.6. The van der Waals surface area contributed by atoms with Crippen molar-refractivity contribution in [3.8, 4) is 0 Å². The van der Waals surface area contributed by atoms with Crippen LogP contribution in [-0.2, 0) is 0 Å². The van der Waals surface area contributed by atoms with E-state index in [1.54, 1.807) is 0 Å². The van der Waals surface area contributed by atoms with Crippen LogP contribution in [0.15, 0.2) is 0 Å². The second-order valence-electron chi connectivity index (χ2n) is 3.32. The molecule has 0 heterocycles. The van der Waals surface area contributed by atoms with Crippen molar-refractivity contribution in [1.29, 1.82) is 0 Å². The average molecular weight is 123 g/mol. The van der Waals surface area contributed by atoms with Crippen molar-refractivity contribution in [1.82, 2.24) is 0 Å². The standard InChI is InChI=1S/C8H16B/c1-3-9-8-5-4-7(2)6-8/h7-8H,3-6H2,1-2H3. The van der Waals surface area contributed by atoms with Gasteiger partial charge in [0, 0.05) is 0 Å². The Labute approximate surface area is 59.3 Å². The quantitative estimate of drug-likeness (QED) is 0.495. The van der Waals surface area contributed by atoms with Gasteiger partial charge in [0.2, 0.25) is 0 Å². The van der Waals surface area contributed by atoms with E-state index in [0.29, 0.717) is 0 Å². The van der Waals surface area contributed by atoms with Crippen molar-refractivity contribution < 1.29 is 0 Å². The maximum atomic E-state index is 2.48. The van der Waals surface area contributed by atoms with Gasteiger partial charge in [0.05, 0.1) is 0 Å². The van der Waals surface area contributed by atoms with E-state index < -0.39 is 0 Å². The smallest absolute Gasteiger partial charge is 0.0827 e. The van der Waals surface area contributed by atoms with E-state index >= 15 is 0 Å². The summed E-state index contributed by atoms with van der Waals surface area (Å²) in [6, 6.07) is 0. The maximum absolute atomic E-state index is 2.48. The highest BCUT2D eigenvalue weighted by atomic mass is 14.2. The van der Waals surface area contributed by atoms with Crippen molar-refractivity contribution >= 4 is 7.28 Å². The van der Waals surface area contributed by atoms with Crippen LogP contribution in [-0.4, -0.2) is 7.28 Å². The van der Waals surface area contributed by atoms with Crippen molar-refractivity contribution in [2.24, 2.45) is 5.92 Å². The highest BCUT2D eigenvalue weighted by molar-refractivity contribution is 6.37. The zero-order valence-electron chi connectivity index (χ0n) is 6.56. The van der Waals surface area contributed by atoms with E-state index in [9.17, 15) is 0 Å². The Balaban J connectivity index is 2.14. The molecule has 1 saturated carbocycles. The molecule has 1 radical (unpaired) electrons. The fourth-order valence-corrected chi connectivity index (χ4v) is 1.80. The summed E-state index contributed by atoms with van der Waals surface area (Å²) in [5.41, 5.74) is 0. The minimum atomic E-state index is 0.963. The normalized spacial score (nSPS) is 34.9. The molecule has 0 aliphatic heterocycles. The first-order valence-corrected chi connectivity index (χ1v) is 4.16. The van der Waals surface area contributed by atoms with Gasteiger partial charge in [0.25, 0.3) is 0 Å². The molecule has 1 aliphatic carbocycles. The van der Waals surface area contributed by atoms with Gasteiger partial charge >= 0.3 is 0 Å². The van der Waals surface area contributed by atoms with E-state index in [-0.39, 0.29) is 0 Å². The summed E-state index contributed by atoms with van der Waals surface area (Å²) in [6.45, 7) is 4.60. The van der Waals surface area contributed by atoms with Gasteiger partial charge < -0.3 is 0 Å². The topological polar surface area (TPSA) is 0 Å². The lowest BCUT2D eigenvalue weighted by Crippen LogP contribution is -1.96. The molecule has 0 saturated heterocycles. The van der Waals surface area contributed by atoms with Gasteiger partial charge in [0.1, 0.15) is 7.28 Å². The molecule has 2 unspecified atom stereocenters. The Hall–Kier alpha value is 0.0649. The van der Waals surface area contributed by atoms with E-state index in [1.807, 2.05) is 0 Å². The zero-order chi connectivity index (χ0) is 6.69. The molecule has 2 atom stereocenters. The Kier molecular flexibility index (Phi) is 2.62. The SMILES string of the molecule is CC[B]C1CCC(C)C1. The average Bonchev–Trinajstić information content (AvgIpc) is 2.17. The van der Waals surface area contributed by atoms with Crippen molar-refractivity contribution in [2.45, 2.75) is 45.2 Å². The molecule has 1 aliphatic rings. The summed E-state index contributed by atoms with van der Waals surface area (Å²) < 4.78 is 0. The van der Waals surface area contributed by atoms with E-state index in [2.05, 4.69) is 21.1 Å². The molecule has 0 aromatic carbocycles. The van der Waals surface area contributed by atoms with Gasteiger partial charge in [-0.2, -0.15) is 0 Å². The fraction of sp³-hybridized carbons (Fsp3) is 1.00. The summed E-state index contributed by atoms with van der Waals surface area (Å²) in [7, 11) is 2.48. The monoisotopic (exact) mass is 123 g/mol. The number of hydrogen-bond donors (Lipinski definition) is 0. The summed E-state index contributed by atoms with van der Waals surface area (Å²) in [6.07, 6.45) is 5.63. The molecule has 0 amide bonds. The molecule has 0 aromatic heterocycles. The van der Waals surface area contributed by atoms with Gasteiger partial charge in [-0.15, -0.1) is 0 Å².